The fourth-order valence-corrected chi connectivity index (χ4v) is 4.31. The normalized spacial score (nSPS) is 17.8. The van der Waals surface area contributed by atoms with Gasteiger partial charge in [0.05, 0.1) is 10.9 Å². The molecule has 0 aliphatic carbocycles. The molecule has 1 aromatic rings. The Balaban J connectivity index is 2.20. The van der Waals surface area contributed by atoms with E-state index in [2.05, 4.69) is 10.6 Å². The Morgan fingerprint density at radius 1 is 1.13 bits per heavy atom. The lowest BCUT2D eigenvalue weighted by atomic mass is 9.88. The molecule has 1 saturated heterocycles. The van der Waals surface area contributed by atoms with E-state index in [0.717, 1.165) is 5.56 Å². The van der Waals surface area contributed by atoms with E-state index in [-0.39, 0.29) is 10.8 Å². The highest BCUT2D eigenvalue weighted by atomic mass is 32.2. The van der Waals surface area contributed by atoms with E-state index in [0.29, 0.717) is 25.9 Å². The van der Waals surface area contributed by atoms with Crippen LogP contribution in [0.4, 0.5) is 4.79 Å². The molecule has 8 nitrogen and oxygen atoms in total. The van der Waals surface area contributed by atoms with Gasteiger partial charge in [0.25, 0.3) is 10.1 Å². The minimum atomic E-state index is -4.15. The van der Waals surface area contributed by atoms with Crippen LogP contribution in [0.2, 0.25) is 0 Å². The molecule has 0 saturated carbocycles. The number of alkyl carbamates (subject to hydrolysis) is 1. The van der Waals surface area contributed by atoms with Crippen LogP contribution in [0.3, 0.4) is 0 Å². The molecular weight excluding hydrogens is 408 g/mol. The molecule has 2 atom stereocenters. The minimum absolute atomic E-state index is 0.00686. The minimum Gasteiger partial charge on any atom is -0.444 e. The highest BCUT2D eigenvalue weighted by molar-refractivity contribution is 7.86. The zero-order valence-electron chi connectivity index (χ0n) is 18.2. The second kappa shape index (κ2) is 9.89. The van der Waals surface area contributed by atoms with Crippen molar-refractivity contribution in [2.75, 3.05) is 13.1 Å². The molecule has 1 unspecified atom stereocenters. The summed E-state index contributed by atoms with van der Waals surface area (Å²) in [5, 5.41) is 5.68. The van der Waals surface area contributed by atoms with Gasteiger partial charge >= 0.3 is 6.09 Å². The van der Waals surface area contributed by atoms with E-state index in [1.165, 1.54) is 19.1 Å². The second-order valence-electron chi connectivity index (χ2n) is 8.64. The molecule has 2 N–H and O–H groups in total. The quantitative estimate of drug-likeness (QED) is 0.627. The molecule has 1 fully saturated rings. The van der Waals surface area contributed by atoms with Crippen LogP contribution in [0.25, 0.3) is 0 Å². The van der Waals surface area contributed by atoms with Crippen LogP contribution in [-0.4, -0.2) is 51.1 Å². The SMILES string of the molecule is Cc1ccc(S(=O)(=O)OC(C(=O)[C@@H](C)NC(=O)OC(C)(C)C)C2CCNCC2)cc1. The molecular formula is C21H32N2O6S. The smallest absolute Gasteiger partial charge is 0.408 e. The largest absolute Gasteiger partial charge is 0.444 e. The summed E-state index contributed by atoms with van der Waals surface area (Å²) in [4.78, 5) is 25.2. The number of Topliss-reactive ketones (excluding diaryl/α,β-unsaturated/α-hetero) is 1. The lowest BCUT2D eigenvalue weighted by Crippen LogP contribution is -2.50. The van der Waals surface area contributed by atoms with Crippen molar-refractivity contribution in [3.05, 3.63) is 29.8 Å². The number of rotatable bonds is 7. The third-order valence-electron chi connectivity index (χ3n) is 4.79. The number of amides is 1. The van der Waals surface area contributed by atoms with Gasteiger partial charge in [-0.3, -0.25) is 8.98 Å². The zero-order valence-corrected chi connectivity index (χ0v) is 19.0. The summed E-state index contributed by atoms with van der Waals surface area (Å²) in [6, 6.07) is 5.29. The Morgan fingerprint density at radius 2 is 1.70 bits per heavy atom. The van der Waals surface area contributed by atoms with Crippen molar-refractivity contribution in [2.24, 2.45) is 5.92 Å². The molecule has 1 aromatic carbocycles. The van der Waals surface area contributed by atoms with Crippen LogP contribution < -0.4 is 10.6 Å². The molecule has 0 bridgehead atoms. The fourth-order valence-electron chi connectivity index (χ4n) is 3.20. The topological polar surface area (TPSA) is 111 Å². The number of hydrogen-bond acceptors (Lipinski definition) is 7. The van der Waals surface area contributed by atoms with E-state index in [4.69, 9.17) is 8.92 Å². The average Bonchev–Trinajstić information content (AvgIpc) is 2.65. The highest BCUT2D eigenvalue weighted by Gasteiger charge is 2.38. The van der Waals surface area contributed by atoms with Gasteiger partial charge in [0, 0.05) is 0 Å². The van der Waals surface area contributed by atoms with Gasteiger partial charge in [0.15, 0.2) is 5.78 Å². The van der Waals surface area contributed by atoms with E-state index >= 15 is 0 Å². The Bertz CT molecular complexity index is 839. The molecule has 9 heteroatoms. The van der Waals surface area contributed by atoms with Gasteiger partial charge in [0.2, 0.25) is 0 Å². The Morgan fingerprint density at radius 3 is 2.23 bits per heavy atom. The van der Waals surface area contributed by atoms with Crippen molar-refractivity contribution >= 4 is 22.0 Å². The summed E-state index contributed by atoms with van der Waals surface area (Å²) >= 11 is 0. The van der Waals surface area contributed by atoms with Gasteiger partial charge in [-0.25, -0.2) is 4.79 Å². The number of carbonyl (C=O) groups is 2. The van der Waals surface area contributed by atoms with Crippen molar-refractivity contribution < 1.29 is 26.9 Å². The van der Waals surface area contributed by atoms with E-state index in [1.54, 1.807) is 32.9 Å². The first kappa shape index (κ1) is 24.3. The van der Waals surface area contributed by atoms with Gasteiger partial charge in [-0.05, 0) is 78.6 Å². The first-order valence-electron chi connectivity index (χ1n) is 10.1. The zero-order chi connectivity index (χ0) is 22.5. The molecule has 30 heavy (non-hydrogen) atoms. The number of carbonyl (C=O) groups excluding carboxylic acids is 2. The van der Waals surface area contributed by atoms with Crippen LogP contribution in [0.15, 0.2) is 29.2 Å². The molecule has 0 radical (unpaired) electrons. The molecule has 168 valence electrons. The first-order valence-corrected chi connectivity index (χ1v) is 11.5. The molecule has 1 aliphatic heterocycles. The van der Waals surface area contributed by atoms with Crippen LogP contribution in [0.5, 0.6) is 0 Å². The number of aryl methyl sites for hydroxylation is 1. The number of benzene rings is 1. The maximum atomic E-state index is 13.1. The van der Waals surface area contributed by atoms with Gasteiger partial charge in [-0.15, -0.1) is 0 Å². The van der Waals surface area contributed by atoms with Crippen molar-refractivity contribution in [1.82, 2.24) is 10.6 Å². The third kappa shape index (κ3) is 7.07. The molecule has 1 aliphatic rings. The monoisotopic (exact) mass is 440 g/mol. The standard InChI is InChI=1S/C21H32N2O6S/c1-14-6-8-17(9-7-14)30(26,27)29-19(16-10-12-22-13-11-16)18(24)15(2)23-20(25)28-21(3,4)5/h6-9,15-16,19,22H,10-13H2,1-5H3,(H,23,25)/t15-,19?/m1/s1. The highest BCUT2D eigenvalue weighted by Crippen LogP contribution is 2.25. The maximum Gasteiger partial charge on any atom is 0.408 e. The van der Waals surface area contributed by atoms with E-state index in [1.807, 2.05) is 6.92 Å². The summed E-state index contributed by atoms with van der Waals surface area (Å²) in [6.45, 7) is 9.83. The summed E-state index contributed by atoms with van der Waals surface area (Å²) in [5.74, 6) is -0.773. The van der Waals surface area contributed by atoms with Gasteiger partial charge in [0.1, 0.15) is 11.7 Å². The second-order valence-corrected chi connectivity index (χ2v) is 10.2. The maximum absolute atomic E-state index is 13.1. The number of ketones is 1. The summed E-state index contributed by atoms with van der Waals surface area (Å²) in [6.07, 6.45) is -0.741. The predicted octanol–water partition coefficient (Wildman–Crippen LogP) is 2.55. The van der Waals surface area contributed by atoms with Gasteiger partial charge in [-0.1, -0.05) is 17.7 Å². The van der Waals surface area contributed by atoms with Crippen LogP contribution in [0.1, 0.15) is 46.1 Å². The van der Waals surface area contributed by atoms with E-state index < -0.39 is 39.7 Å². The number of nitrogens with one attached hydrogen (secondary N) is 2. The third-order valence-corrected chi connectivity index (χ3v) is 6.10. The number of piperidine rings is 1. The molecule has 2 rings (SSSR count). The number of hydrogen-bond donors (Lipinski definition) is 2. The molecule has 1 heterocycles. The first-order chi connectivity index (χ1) is 13.9. The molecule has 0 spiro atoms. The van der Waals surface area contributed by atoms with Crippen molar-refractivity contribution in [3.63, 3.8) is 0 Å². The Labute approximate surface area is 178 Å². The van der Waals surface area contributed by atoms with Crippen molar-refractivity contribution in [1.29, 1.82) is 0 Å². The average molecular weight is 441 g/mol. The lowest BCUT2D eigenvalue weighted by molar-refractivity contribution is -0.130. The summed E-state index contributed by atoms with van der Waals surface area (Å²) in [7, 11) is -4.15. The van der Waals surface area contributed by atoms with Crippen LogP contribution >= 0.6 is 0 Å². The Hall–Kier alpha value is -1.97. The van der Waals surface area contributed by atoms with Gasteiger partial charge < -0.3 is 15.4 Å². The predicted molar refractivity (Wildman–Crippen MR) is 113 cm³/mol. The van der Waals surface area contributed by atoms with E-state index in [9.17, 15) is 18.0 Å². The van der Waals surface area contributed by atoms with Crippen LogP contribution in [-0.2, 0) is 23.8 Å². The van der Waals surface area contributed by atoms with Gasteiger partial charge in [-0.2, -0.15) is 8.42 Å². The van der Waals surface area contributed by atoms with Crippen molar-refractivity contribution in [2.45, 2.75) is 70.1 Å². The van der Waals surface area contributed by atoms with Crippen molar-refractivity contribution in [3.8, 4) is 0 Å². The summed E-state index contributed by atoms with van der Waals surface area (Å²) < 4.78 is 36.3. The number of ether oxygens (including phenoxy) is 1. The molecule has 0 aromatic heterocycles. The lowest BCUT2D eigenvalue weighted by Gasteiger charge is -2.31. The fraction of sp³-hybridized carbons (Fsp3) is 0.619. The summed E-state index contributed by atoms with van der Waals surface area (Å²) in [5.41, 5.74) is 0.196. The van der Waals surface area contributed by atoms with Crippen LogP contribution in [0, 0.1) is 12.8 Å². The Kier molecular flexibility index (Phi) is 8.01. The molecule has 1 amide bonds.